The predicted octanol–water partition coefficient (Wildman–Crippen LogP) is 3.96. The van der Waals surface area contributed by atoms with Gasteiger partial charge in [0.1, 0.15) is 0 Å². The zero-order valence-electron chi connectivity index (χ0n) is 11.4. The minimum Gasteiger partial charge on any atom is -0.446 e. The maximum Gasteiger partial charge on any atom is 0.312 e. The summed E-state index contributed by atoms with van der Waals surface area (Å²) in [5.41, 5.74) is 0.898. The van der Waals surface area contributed by atoms with Gasteiger partial charge in [0.15, 0.2) is 17.9 Å². The van der Waals surface area contributed by atoms with Crippen LogP contribution < -0.4 is 4.74 Å². The average molecular weight is 289 g/mol. The SMILES string of the molecule is Cc1cc(C)c(Oc2c(F)cccc2C=O)c([N+](=O)[O-])c1. The van der Waals surface area contributed by atoms with E-state index in [0.29, 0.717) is 17.4 Å². The number of hydrogen-bond acceptors (Lipinski definition) is 4. The Morgan fingerprint density at radius 3 is 2.57 bits per heavy atom. The molecule has 2 aromatic rings. The lowest BCUT2D eigenvalue weighted by Gasteiger charge is -2.12. The number of nitrogens with zero attached hydrogens (tertiary/aromatic N) is 1. The molecule has 0 atom stereocenters. The number of carbonyl (C=O) groups excluding carboxylic acids is 1. The minimum absolute atomic E-state index is 0.00993. The summed E-state index contributed by atoms with van der Waals surface area (Å²) in [6.45, 7) is 3.33. The highest BCUT2D eigenvalue weighted by molar-refractivity contribution is 5.79. The Morgan fingerprint density at radius 2 is 1.95 bits per heavy atom. The molecule has 0 fully saturated rings. The van der Waals surface area contributed by atoms with Crippen LogP contribution in [0, 0.1) is 29.8 Å². The Balaban J connectivity index is 2.60. The summed E-state index contributed by atoms with van der Waals surface area (Å²) in [6, 6.07) is 6.88. The second-order valence-electron chi connectivity index (χ2n) is 4.57. The Kier molecular flexibility index (Phi) is 3.98. The van der Waals surface area contributed by atoms with Crippen molar-refractivity contribution in [1.82, 2.24) is 0 Å². The standard InChI is InChI=1S/C15H12FNO4/c1-9-6-10(2)14(13(7-9)17(19)20)21-15-11(8-18)4-3-5-12(15)16/h3-8H,1-2H3. The van der Waals surface area contributed by atoms with Crippen LogP contribution in [0.5, 0.6) is 11.5 Å². The van der Waals surface area contributed by atoms with Crippen molar-refractivity contribution in [2.75, 3.05) is 0 Å². The molecule has 0 radical (unpaired) electrons. The minimum atomic E-state index is -0.756. The van der Waals surface area contributed by atoms with Crippen molar-refractivity contribution in [2.24, 2.45) is 0 Å². The van der Waals surface area contributed by atoms with Crippen LogP contribution in [-0.4, -0.2) is 11.2 Å². The van der Waals surface area contributed by atoms with Crippen LogP contribution in [0.1, 0.15) is 21.5 Å². The third kappa shape index (κ3) is 2.89. The summed E-state index contributed by atoms with van der Waals surface area (Å²) in [4.78, 5) is 21.5. The first kappa shape index (κ1) is 14.6. The molecule has 0 unspecified atom stereocenters. The molecule has 0 aliphatic carbocycles. The van der Waals surface area contributed by atoms with Crippen molar-refractivity contribution in [3.63, 3.8) is 0 Å². The van der Waals surface area contributed by atoms with Crippen LogP contribution in [0.4, 0.5) is 10.1 Å². The number of hydrogen-bond donors (Lipinski definition) is 0. The number of nitro groups is 1. The monoisotopic (exact) mass is 289 g/mol. The number of aryl methyl sites for hydroxylation is 2. The number of halogens is 1. The predicted molar refractivity (Wildman–Crippen MR) is 74.4 cm³/mol. The van der Waals surface area contributed by atoms with Gasteiger partial charge in [-0.2, -0.15) is 0 Å². The van der Waals surface area contributed by atoms with E-state index in [1.54, 1.807) is 19.9 Å². The van der Waals surface area contributed by atoms with Crippen LogP contribution in [0.2, 0.25) is 0 Å². The summed E-state index contributed by atoms with van der Waals surface area (Å²) >= 11 is 0. The third-order valence-corrected chi connectivity index (χ3v) is 2.92. The molecule has 0 saturated carbocycles. The van der Waals surface area contributed by atoms with E-state index < -0.39 is 10.7 Å². The first-order chi connectivity index (χ1) is 9.93. The lowest BCUT2D eigenvalue weighted by atomic mass is 10.1. The van der Waals surface area contributed by atoms with Gasteiger partial charge in [0.05, 0.1) is 10.5 Å². The molecule has 0 aromatic heterocycles. The summed E-state index contributed by atoms with van der Waals surface area (Å²) in [5, 5.41) is 11.1. The Morgan fingerprint density at radius 1 is 1.24 bits per heavy atom. The van der Waals surface area contributed by atoms with Crippen molar-refractivity contribution in [3.05, 3.63) is 63.0 Å². The van der Waals surface area contributed by atoms with E-state index in [1.807, 2.05) is 0 Å². The lowest BCUT2D eigenvalue weighted by molar-refractivity contribution is -0.385. The number of ether oxygens (including phenoxy) is 1. The van der Waals surface area contributed by atoms with Gasteiger partial charge in [-0.3, -0.25) is 14.9 Å². The van der Waals surface area contributed by atoms with Gasteiger partial charge in [-0.25, -0.2) is 4.39 Å². The van der Waals surface area contributed by atoms with Crippen molar-refractivity contribution in [3.8, 4) is 11.5 Å². The highest BCUT2D eigenvalue weighted by atomic mass is 19.1. The summed E-state index contributed by atoms with van der Waals surface area (Å²) in [5.74, 6) is -1.14. The number of nitro benzene ring substituents is 1. The number of para-hydroxylation sites is 1. The molecule has 0 aliphatic rings. The van der Waals surface area contributed by atoms with E-state index in [-0.39, 0.29) is 22.7 Å². The largest absolute Gasteiger partial charge is 0.446 e. The van der Waals surface area contributed by atoms with Crippen LogP contribution in [0.15, 0.2) is 30.3 Å². The van der Waals surface area contributed by atoms with Gasteiger partial charge in [-0.15, -0.1) is 0 Å². The first-order valence-corrected chi connectivity index (χ1v) is 6.11. The molecule has 108 valence electrons. The Bertz CT molecular complexity index is 728. The van der Waals surface area contributed by atoms with Crippen molar-refractivity contribution in [2.45, 2.75) is 13.8 Å². The third-order valence-electron chi connectivity index (χ3n) is 2.92. The van der Waals surface area contributed by atoms with Gasteiger partial charge in [0.25, 0.3) is 0 Å². The molecule has 0 amide bonds. The summed E-state index contributed by atoms with van der Waals surface area (Å²) in [6.07, 6.45) is 0.438. The molecule has 2 rings (SSSR count). The topological polar surface area (TPSA) is 69.4 Å². The van der Waals surface area contributed by atoms with Gasteiger partial charge >= 0.3 is 5.69 Å². The van der Waals surface area contributed by atoms with E-state index in [4.69, 9.17) is 4.74 Å². The smallest absolute Gasteiger partial charge is 0.312 e. The molecule has 0 heterocycles. The van der Waals surface area contributed by atoms with Gasteiger partial charge < -0.3 is 4.74 Å². The molecular weight excluding hydrogens is 277 g/mol. The van der Waals surface area contributed by atoms with E-state index >= 15 is 0 Å². The van der Waals surface area contributed by atoms with E-state index in [1.165, 1.54) is 18.2 Å². The van der Waals surface area contributed by atoms with Crippen LogP contribution >= 0.6 is 0 Å². The molecular formula is C15H12FNO4. The second kappa shape index (κ2) is 5.70. The van der Waals surface area contributed by atoms with Gasteiger partial charge in [0.2, 0.25) is 5.75 Å². The van der Waals surface area contributed by atoms with Gasteiger partial charge in [0, 0.05) is 6.07 Å². The fourth-order valence-electron chi connectivity index (χ4n) is 2.03. The van der Waals surface area contributed by atoms with E-state index in [0.717, 1.165) is 6.07 Å². The van der Waals surface area contributed by atoms with E-state index in [2.05, 4.69) is 0 Å². The summed E-state index contributed by atoms with van der Waals surface area (Å²) < 4.78 is 19.2. The zero-order chi connectivity index (χ0) is 15.6. The number of aldehydes is 1. The molecule has 2 aromatic carbocycles. The number of carbonyl (C=O) groups is 1. The van der Waals surface area contributed by atoms with Gasteiger partial charge in [-0.05, 0) is 37.1 Å². The normalized spacial score (nSPS) is 10.2. The van der Waals surface area contributed by atoms with Crippen molar-refractivity contribution >= 4 is 12.0 Å². The molecule has 5 nitrogen and oxygen atoms in total. The summed E-state index contributed by atoms with van der Waals surface area (Å²) in [7, 11) is 0. The molecule has 0 aliphatic heterocycles. The average Bonchev–Trinajstić information content (AvgIpc) is 2.42. The molecule has 6 heteroatoms. The maximum absolute atomic E-state index is 13.8. The highest BCUT2D eigenvalue weighted by Crippen LogP contribution is 2.37. The first-order valence-electron chi connectivity index (χ1n) is 6.11. The quantitative estimate of drug-likeness (QED) is 0.485. The molecule has 21 heavy (non-hydrogen) atoms. The Labute approximate surface area is 120 Å². The van der Waals surface area contributed by atoms with Crippen LogP contribution in [-0.2, 0) is 0 Å². The highest BCUT2D eigenvalue weighted by Gasteiger charge is 2.21. The number of rotatable bonds is 4. The molecule has 0 saturated heterocycles. The van der Waals surface area contributed by atoms with Crippen LogP contribution in [0.3, 0.4) is 0 Å². The zero-order valence-corrected chi connectivity index (χ0v) is 11.4. The van der Waals surface area contributed by atoms with Crippen LogP contribution in [0.25, 0.3) is 0 Å². The lowest BCUT2D eigenvalue weighted by Crippen LogP contribution is -2.00. The van der Waals surface area contributed by atoms with E-state index in [9.17, 15) is 19.3 Å². The maximum atomic E-state index is 13.8. The second-order valence-corrected chi connectivity index (χ2v) is 4.57. The van der Waals surface area contributed by atoms with Crippen molar-refractivity contribution < 1.29 is 18.8 Å². The van der Waals surface area contributed by atoms with Gasteiger partial charge in [-0.1, -0.05) is 12.1 Å². The molecule has 0 spiro atoms. The fourth-order valence-corrected chi connectivity index (χ4v) is 2.03. The Hall–Kier alpha value is -2.76. The number of benzene rings is 2. The molecule has 0 N–H and O–H groups in total. The fraction of sp³-hybridized carbons (Fsp3) is 0.133. The molecule has 0 bridgehead atoms. The van der Waals surface area contributed by atoms with Crippen molar-refractivity contribution in [1.29, 1.82) is 0 Å².